The third-order valence-corrected chi connectivity index (χ3v) is 4.02. The molecule has 5 atom stereocenters. The summed E-state index contributed by atoms with van der Waals surface area (Å²) in [5, 5.41) is 0. The topological polar surface area (TPSA) is 72.5 Å². The van der Waals surface area contributed by atoms with Crippen LogP contribution in [0.2, 0.25) is 0 Å². The van der Waals surface area contributed by atoms with E-state index in [4.69, 9.17) is 28.4 Å². The van der Waals surface area contributed by atoms with E-state index in [1.54, 1.807) is 20.8 Å². The maximum Gasteiger partial charge on any atom is 0.333 e. The normalized spacial score (nSPS) is 40.8. The molecule has 0 unspecified atom stereocenters. The summed E-state index contributed by atoms with van der Waals surface area (Å²) in [6.45, 7) is 12.8. The number of carbonyl (C=O) groups is 1. The Labute approximate surface area is 135 Å². The summed E-state index contributed by atoms with van der Waals surface area (Å²) in [7, 11) is 0. The Bertz CT molecular complexity index is 513. The van der Waals surface area contributed by atoms with Crippen molar-refractivity contribution in [3.8, 4) is 0 Å². The molecule has 7 heteroatoms. The summed E-state index contributed by atoms with van der Waals surface area (Å²) < 4.78 is 34.5. The summed E-state index contributed by atoms with van der Waals surface area (Å²) in [6, 6.07) is 0. The van der Waals surface area contributed by atoms with Crippen LogP contribution >= 0.6 is 0 Å². The summed E-state index contributed by atoms with van der Waals surface area (Å²) in [5.41, 5.74) is 0.314. The van der Waals surface area contributed by atoms with Crippen LogP contribution in [-0.2, 0) is 33.2 Å². The number of ether oxygens (including phenoxy) is 6. The molecule has 0 amide bonds. The van der Waals surface area contributed by atoms with E-state index in [0.717, 1.165) is 0 Å². The van der Waals surface area contributed by atoms with Gasteiger partial charge < -0.3 is 28.4 Å². The minimum absolute atomic E-state index is 0.314. The Balaban J connectivity index is 1.79. The lowest BCUT2D eigenvalue weighted by Crippen LogP contribution is -2.45. The second-order valence-corrected chi connectivity index (χ2v) is 7.09. The molecule has 3 saturated heterocycles. The third kappa shape index (κ3) is 3.29. The standard InChI is InChI=1S/C16H24O7/c1-8(2)13(17)19-11-10(9-7-18-15(3,4)21-9)20-14-12(11)22-16(5,6)23-14/h9-12,14H,1,7H2,2-6H3/t9-,10-,11-,12+,14+/m0/s1. The van der Waals surface area contributed by atoms with Gasteiger partial charge in [0, 0.05) is 5.57 Å². The van der Waals surface area contributed by atoms with Gasteiger partial charge in [0.25, 0.3) is 0 Å². The van der Waals surface area contributed by atoms with E-state index in [1.807, 2.05) is 13.8 Å². The van der Waals surface area contributed by atoms with Crippen LogP contribution in [0.5, 0.6) is 0 Å². The summed E-state index contributed by atoms with van der Waals surface area (Å²) >= 11 is 0. The molecule has 3 aliphatic rings. The van der Waals surface area contributed by atoms with E-state index in [9.17, 15) is 4.79 Å². The molecule has 0 spiro atoms. The van der Waals surface area contributed by atoms with Gasteiger partial charge in [0.05, 0.1) is 6.61 Å². The highest BCUT2D eigenvalue weighted by Crippen LogP contribution is 2.42. The predicted octanol–water partition coefficient (Wildman–Crippen LogP) is 1.50. The van der Waals surface area contributed by atoms with Crippen LogP contribution < -0.4 is 0 Å². The fourth-order valence-electron chi connectivity index (χ4n) is 3.04. The minimum atomic E-state index is -0.791. The summed E-state index contributed by atoms with van der Waals surface area (Å²) in [6.07, 6.45) is -2.65. The molecule has 7 nitrogen and oxygen atoms in total. The van der Waals surface area contributed by atoms with Crippen molar-refractivity contribution in [3.05, 3.63) is 12.2 Å². The van der Waals surface area contributed by atoms with Gasteiger partial charge in [-0.25, -0.2) is 4.79 Å². The van der Waals surface area contributed by atoms with Gasteiger partial charge in [0.15, 0.2) is 30.1 Å². The Kier molecular flexibility index (Phi) is 4.05. The molecule has 0 aromatic rings. The van der Waals surface area contributed by atoms with Gasteiger partial charge in [0.2, 0.25) is 0 Å². The first-order valence-electron chi connectivity index (χ1n) is 7.77. The Morgan fingerprint density at radius 3 is 2.35 bits per heavy atom. The third-order valence-electron chi connectivity index (χ3n) is 4.02. The van der Waals surface area contributed by atoms with Crippen LogP contribution in [0.4, 0.5) is 0 Å². The monoisotopic (exact) mass is 328 g/mol. The zero-order chi connectivity index (χ0) is 17.0. The van der Waals surface area contributed by atoms with Crippen molar-refractivity contribution in [2.45, 2.75) is 76.9 Å². The van der Waals surface area contributed by atoms with Crippen LogP contribution in [0.1, 0.15) is 34.6 Å². The second-order valence-electron chi connectivity index (χ2n) is 7.09. The average molecular weight is 328 g/mol. The van der Waals surface area contributed by atoms with Gasteiger partial charge in [-0.2, -0.15) is 0 Å². The molecular formula is C16H24O7. The highest BCUT2D eigenvalue weighted by Gasteiger charge is 2.60. The smallest absolute Gasteiger partial charge is 0.333 e. The van der Waals surface area contributed by atoms with Crippen LogP contribution in [-0.4, -0.2) is 54.9 Å². The van der Waals surface area contributed by atoms with E-state index in [2.05, 4.69) is 6.58 Å². The van der Waals surface area contributed by atoms with Crippen molar-refractivity contribution >= 4 is 5.97 Å². The zero-order valence-electron chi connectivity index (χ0n) is 14.2. The van der Waals surface area contributed by atoms with E-state index >= 15 is 0 Å². The molecule has 3 fully saturated rings. The molecule has 0 N–H and O–H groups in total. The van der Waals surface area contributed by atoms with Gasteiger partial charge in [-0.1, -0.05) is 6.58 Å². The van der Waals surface area contributed by atoms with Crippen molar-refractivity contribution in [1.29, 1.82) is 0 Å². The predicted molar refractivity (Wildman–Crippen MR) is 78.3 cm³/mol. The highest BCUT2D eigenvalue weighted by atomic mass is 16.8. The maximum atomic E-state index is 12.0. The SMILES string of the molecule is C=C(C)C(=O)O[C@H]1[C@H]([C@@H]2COC(C)(C)O2)O[C@@H]2OC(C)(C)O[C@@H]21. The first-order chi connectivity index (χ1) is 10.6. The van der Waals surface area contributed by atoms with Crippen LogP contribution in [0.3, 0.4) is 0 Å². The lowest BCUT2D eigenvalue weighted by molar-refractivity contribution is -0.234. The van der Waals surface area contributed by atoms with Gasteiger partial charge in [0.1, 0.15) is 12.2 Å². The minimum Gasteiger partial charge on any atom is -0.453 e. The lowest BCUT2D eigenvalue weighted by Gasteiger charge is -2.28. The largest absolute Gasteiger partial charge is 0.453 e. The summed E-state index contributed by atoms with van der Waals surface area (Å²) in [4.78, 5) is 12.0. The van der Waals surface area contributed by atoms with Crippen molar-refractivity contribution in [1.82, 2.24) is 0 Å². The van der Waals surface area contributed by atoms with Crippen molar-refractivity contribution in [3.63, 3.8) is 0 Å². The van der Waals surface area contributed by atoms with Gasteiger partial charge in [-0.15, -0.1) is 0 Å². The fraction of sp³-hybridized carbons (Fsp3) is 0.812. The molecule has 0 radical (unpaired) electrons. The molecule has 0 aromatic heterocycles. The number of carbonyl (C=O) groups excluding carboxylic acids is 1. The molecule has 0 saturated carbocycles. The van der Waals surface area contributed by atoms with Crippen LogP contribution in [0.25, 0.3) is 0 Å². The van der Waals surface area contributed by atoms with Crippen molar-refractivity contribution in [2.75, 3.05) is 6.61 Å². The van der Waals surface area contributed by atoms with E-state index < -0.39 is 42.1 Å². The average Bonchev–Trinajstić information content (AvgIpc) is 3.01. The van der Waals surface area contributed by atoms with Crippen LogP contribution in [0.15, 0.2) is 12.2 Å². The first kappa shape index (κ1) is 16.9. The number of hydrogen-bond acceptors (Lipinski definition) is 7. The first-order valence-corrected chi connectivity index (χ1v) is 7.77. The van der Waals surface area contributed by atoms with E-state index in [-0.39, 0.29) is 6.10 Å². The van der Waals surface area contributed by atoms with E-state index in [1.165, 1.54) is 0 Å². The molecule has 0 aromatic carbocycles. The zero-order valence-corrected chi connectivity index (χ0v) is 14.2. The second kappa shape index (κ2) is 5.53. The molecule has 0 bridgehead atoms. The molecule has 130 valence electrons. The Hall–Kier alpha value is -0.990. The Morgan fingerprint density at radius 2 is 1.78 bits per heavy atom. The Morgan fingerprint density at radius 1 is 1.09 bits per heavy atom. The number of esters is 1. The number of hydrogen-bond donors (Lipinski definition) is 0. The quantitative estimate of drug-likeness (QED) is 0.574. The fourth-order valence-corrected chi connectivity index (χ4v) is 3.04. The summed E-state index contributed by atoms with van der Waals surface area (Å²) in [5.74, 6) is -1.98. The molecular weight excluding hydrogens is 304 g/mol. The maximum absolute atomic E-state index is 12.0. The lowest BCUT2D eigenvalue weighted by atomic mass is 10.1. The van der Waals surface area contributed by atoms with Gasteiger partial charge in [-0.3, -0.25) is 0 Å². The van der Waals surface area contributed by atoms with Gasteiger partial charge >= 0.3 is 5.97 Å². The van der Waals surface area contributed by atoms with Crippen LogP contribution in [0, 0.1) is 0 Å². The van der Waals surface area contributed by atoms with Crippen molar-refractivity contribution < 1.29 is 33.2 Å². The van der Waals surface area contributed by atoms with E-state index in [0.29, 0.717) is 12.2 Å². The molecule has 3 aliphatic heterocycles. The van der Waals surface area contributed by atoms with Crippen molar-refractivity contribution in [2.24, 2.45) is 0 Å². The molecule has 3 rings (SSSR count). The number of fused-ring (bicyclic) bond motifs is 1. The molecule has 3 heterocycles. The number of rotatable bonds is 3. The van der Waals surface area contributed by atoms with Gasteiger partial charge in [-0.05, 0) is 34.6 Å². The highest BCUT2D eigenvalue weighted by molar-refractivity contribution is 5.87. The molecule has 23 heavy (non-hydrogen) atoms. The molecule has 0 aliphatic carbocycles.